The van der Waals surface area contributed by atoms with E-state index >= 15 is 0 Å². The molecule has 0 N–H and O–H groups in total. The van der Waals surface area contributed by atoms with Gasteiger partial charge < -0.3 is 18.9 Å². The summed E-state index contributed by atoms with van der Waals surface area (Å²) in [4.78, 5) is 0. The lowest BCUT2D eigenvalue weighted by Gasteiger charge is -2.35. The van der Waals surface area contributed by atoms with Crippen LogP contribution in [0.4, 0.5) is 0 Å². The molecular weight excluding hydrogens is 524 g/mol. The van der Waals surface area contributed by atoms with Gasteiger partial charge in [0.2, 0.25) is 0 Å². The lowest BCUT2D eigenvalue weighted by atomic mass is 10.1. The van der Waals surface area contributed by atoms with Crippen LogP contribution >= 0.6 is 0 Å². The van der Waals surface area contributed by atoms with Gasteiger partial charge in [0.1, 0.15) is 11.5 Å². The number of rotatable bonds is 14. The van der Waals surface area contributed by atoms with Gasteiger partial charge in [0.25, 0.3) is 0 Å². The largest absolute Gasteiger partial charge is 0.493 e. The molecule has 0 bridgehead atoms. The second kappa shape index (κ2) is 12.9. The van der Waals surface area contributed by atoms with Crippen LogP contribution in [0, 0.1) is 0 Å². The standard InChI is InChI=1S/C28H40N2O8S/c1-7-33-27(23-9-11-25-21(17-23)13-15-35-25)29(19(3)4)37-39(31,32)38-30(20(5)6)28(34-8-2)24-10-12-26-22(18-24)14-16-36-26/h9-12,17-20,27-28H,7-8,13-16H2,1-6H3. The van der Waals surface area contributed by atoms with E-state index in [1.54, 1.807) is 0 Å². The Kier molecular flexibility index (Phi) is 9.87. The van der Waals surface area contributed by atoms with Gasteiger partial charge in [-0.15, -0.1) is 10.1 Å². The highest BCUT2D eigenvalue weighted by Crippen LogP contribution is 2.35. The Balaban J connectivity index is 1.59. The zero-order valence-corrected chi connectivity index (χ0v) is 24.4. The zero-order chi connectivity index (χ0) is 28.2. The molecule has 2 aromatic carbocycles. The van der Waals surface area contributed by atoms with Gasteiger partial charge in [0.15, 0.2) is 12.5 Å². The number of fused-ring (bicyclic) bond motifs is 2. The Bertz CT molecular complexity index is 1130. The van der Waals surface area contributed by atoms with E-state index in [-0.39, 0.29) is 12.1 Å². The molecular formula is C28H40N2O8S. The molecule has 0 aromatic heterocycles. The lowest BCUT2D eigenvalue weighted by molar-refractivity contribution is -0.247. The van der Waals surface area contributed by atoms with Crippen molar-refractivity contribution in [3.05, 3.63) is 58.7 Å². The van der Waals surface area contributed by atoms with Crippen molar-refractivity contribution in [2.45, 2.75) is 78.9 Å². The van der Waals surface area contributed by atoms with Crippen molar-refractivity contribution >= 4 is 10.4 Å². The van der Waals surface area contributed by atoms with Crippen LogP contribution in [0.15, 0.2) is 36.4 Å². The van der Waals surface area contributed by atoms with Gasteiger partial charge in [0.05, 0.1) is 13.2 Å². The Labute approximate surface area is 231 Å². The SMILES string of the molecule is CCOC(c1ccc2c(c1)CCO2)N(OS(=O)(=O)ON(C(C)C)C(OCC)c1ccc2c(c1)CCO2)C(C)C. The van der Waals surface area contributed by atoms with E-state index in [9.17, 15) is 8.42 Å². The molecule has 0 radical (unpaired) electrons. The first-order valence-electron chi connectivity index (χ1n) is 13.6. The third-order valence-electron chi connectivity index (χ3n) is 6.48. The van der Waals surface area contributed by atoms with Crippen molar-refractivity contribution in [2.75, 3.05) is 26.4 Å². The van der Waals surface area contributed by atoms with Gasteiger partial charge in [-0.2, -0.15) is 17.0 Å². The minimum atomic E-state index is -4.59. The molecule has 0 aliphatic carbocycles. The molecule has 2 aliphatic heterocycles. The van der Waals surface area contributed by atoms with Crippen molar-refractivity contribution in [3.8, 4) is 11.5 Å². The Hall–Kier alpha value is -2.25. The summed E-state index contributed by atoms with van der Waals surface area (Å²) in [5.41, 5.74) is 3.62. The molecule has 2 unspecified atom stereocenters. The average molecular weight is 565 g/mol. The first kappa shape index (κ1) is 29.7. The summed E-state index contributed by atoms with van der Waals surface area (Å²) in [6.45, 7) is 12.9. The maximum absolute atomic E-state index is 13.4. The van der Waals surface area contributed by atoms with E-state index in [4.69, 9.17) is 27.5 Å². The molecule has 10 nitrogen and oxygen atoms in total. The fourth-order valence-corrected chi connectivity index (χ4v) is 5.63. The monoisotopic (exact) mass is 564 g/mol. The molecule has 2 atom stereocenters. The van der Waals surface area contributed by atoms with Gasteiger partial charge in [0, 0.05) is 38.1 Å². The number of benzene rings is 2. The summed E-state index contributed by atoms with van der Waals surface area (Å²) in [6.07, 6.45) is -0.0105. The molecule has 2 heterocycles. The molecule has 0 amide bonds. The zero-order valence-electron chi connectivity index (χ0n) is 23.6. The molecule has 2 aromatic rings. The Morgan fingerprint density at radius 2 is 1.15 bits per heavy atom. The third kappa shape index (κ3) is 7.10. The third-order valence-corrected chi connectivity index (χ3v) is 7.19. The predicted octanol–water partition coefficient (Wildman–Crippen LogP) is 4.86. The van der Waals surface area contributed by atoms with Gasteiger partial charge in [-0.05, 0) is 88.1 Å². The maximum Gasteiger partial charge on any atom is 0.432 e. The van der Waals surface area contributed by atoms with E-state index in [0.717, 1.165) is 46.6 Å². The molecule has 216 valence electrons. The summed E-state index contributed by atoms with van der Waals surface area (Å²) in [6, 6.07) is 10.7. The van der Waals surface area contributed by atoms with Crippen molar-refractivity contribution in [3.63, 3.8) is 0 Å². The first-order chi connectivity index (χ1) is 18.6. The Morgan fingerprint density at radius 3 is 1.51 bits per heavy atom. The van der Waals surface area contributed by atoms with Gasteiger partial charge in [-0.3, -0.25) is 0 Å². The molecule has 2 aliphatic rings. The van der Waals surface area contributed by atoms with E-state index in [2.05, 4.69) is 0 Å². The number of hydrogen-bond donors (Lipinski definition) is 0. The summed E-state index contributed by atoms with van der Waals surface area (Å²) in [7, 11) is -4.59. The van der Waals surface area contributed by atoms with Gasteiger partial charge in [-0.1, -0.05) is 12.1 Å². The molecule has 4 rings (SSSR count). The predicted molar refractivity (Wildman–Crippen MR) is 145 cm³/mol. The second-order valence-electron chi connectivity index (χ2n) is 10.0. The lowest BCUT2D eigenvalue weighted by Crippen LogP contribution is -2.43. The van der Waals surface area contributed by atoms with Crippen LogP contribution in [0.5, 0.6) is 11.5 Å². The van der Waals surface area contributed by atoms with E-state index < -0.39 is 22.9 Å². The van der Waals surface area contributed by atoms with E-state index in [1.165, 1.54) is 10.1 Å². The summed E-state index contributed by atoms with van der Waals surface area (Å²) < 4.78 is 61.4. The number of hydrogen-bond acceptors (Lipinski definition) is 10. The number of nitrogens with zero attached hydrogens (tertiary/aromatic N) is 2. The number of hydroxylamine groups is 4. The molecule has 0 spiro atoms. The normalized spacial score (nSPS) is 16.5. The van der Waals surface area contributed by atoms with Crippen molar-refractivity contribution in [2.24, 2.45) is 0 Å². The van der Waals surface area contributed by atoms with Gasteiger partial charge >= 0.3 is 10.4 Å². The summed E-state index contributed by atoms with van der Waals surface area (Å²) in [5.74, 6) is 1.66. The van der Waals surface area contributed by atoms with Crippen LogP contribution in [0.3, 0.4) is 0 Å². The highest BCUT2D eigenvalue weighted by molar-refractivity contribution is 7.81. The quantitative estimate of drug-likeness (QED) is 0.234. The smallest absolute Gasteiger partial charge is 0.432 e. The van der Waals surface area contributed by atoms with Crippen molar-refractivity contribution in [1.29, 1.82) is 0 Å². The van der Waals surface area contributed by atoms with Crippen LogP contribution in [-0.2, 0) is 41.3 Å². The average Bonchev–Trinajstić information content (AvgIpc) is 3.56. The first-order valence-corrected chi connectivity index (χ1v) is 14.9. The Morgan fingerprint density at radius 1 is 0.744 bits per heavy atom. The van der Waals surface area contributed by atoms with Gasteiger partial charge in [-0.25, -0.2) is 0 Å². The van der Waals surface area contributed by atoms with Crippen LogP contribution < -0.4 is 9.47 Å². The fourth-order valence-electron chi connectivity index (χ4n) is 4.69. The van der Waals surface area contributed by atoms with Crippen molar-refractivity contribution < 1.29 is 35.9 Å². The highest BCUT2D eigenvalue weighted by atomic mass is 32.3. The van der Waals surface area contributed by atoms with E-state index in [1.807, 2.05) is 77.9 Å². The van der Waals surface area contributed by atoms with Crippen LogP contribution in [0.1, 0.15) is 76.3 Å². The molecule has 0 fully saturated rings. The highest BCUT2D eigenvalue weighted by Gasteiger charge is 2.36. The summed E-state index contributed by atoms with van der Waals surface area (Å²) in [5, 5.41) is 2.61. The van der Waals surface area contributed by atoms with Crippen LogP contribution in [0.2, 0.25) is 0 Å². The molecule has 39 heavy (non-hydrogen) atoms. The van der Waals surface area contributed by atoms with E-state index in [0.29, 0.717) is 26.4 Å². The maximum atomic E-state index is 13.4. The molecule has 11 heteroatoms. The minimum Gasteiger partial charge on any atom is -0.493 e. The van der Waals surface area contributed by atoms with Crippen LogP contribution in [-0.4, -0.2) is 57.1 Å². The number of ether oxygens (including phenoxy) is 4. The second-order valence-corrected chi connectivity index (χ2v) is 11.1. The fraction of sp³-hybridized carbons (Fsp3) is 0.571. The topological polar surface area (TPSA) is 96.0 Å². The summed E-state index contributed by atoms with van der Waals surface area (Å²) >= 11 is 0. The molecule has 0 saturated heterocycles. The van der Waals surface area contributed by atoms with Crippen molar-refractivity contribution in [1.82, 2.24) is 10.1 Å². The molecule has 0 saturated carbocycles. The van der Waals surface area contributed by atoms with Crippen LogP contribution in [0.25, 0.3) is 0 Å². The minimum absolute atomic E-state index is 0.346.